The molecule has 0 bridgehead atoms. The number of hydrogen-bond donors (Lipinski definition) is 1. The van der Waals surface area contributed by atoms with E-state index in [0.717, 1.165) is 17.9 Å². The zero-order valence-corrected chi connectivity index (χ0v) is 17.5. The highest BCUT2D eigenvalue weighted by molar-refractivity contribution is 7.90. The lowest BCUT2D eigenvalue weighted by Crippen LogP contribution is -2.06. The Hall–Kier alpha value is -0.870. The average Bonchev–Trinajstić information content (AvgIpc) is 3.24. The zero-order chi connectivity index (χ0) is 19.2. The topological polar surface area (TPSA) is 54.4 Å². The summed E-state index contributed by atoms with van der Waals surface area (Å²) in [7, 11) is -3.16. The van der Waals surface area contributed by atoms with Gasteiger partial charge in [0.15, 0.2) is 9.84 Å². The van der Waals surface area contributed by atoms with E-state index in [1.54, 1.807) is 24.3 Å². The fourth-order valence-corrected chi connectivity index (χ4v) is 4.82. The van der Waals surface area contributed by atoms with Crippen LogP contribution in [0.4, 0.5) is 0 Å². The van der Waals surface area contributed by atoms with Crippen LogP contribution in [0.5, 0.6) is 0 Å². The van der Waals surface area contributed by atoms with Crippen molar-refractivity contribution in [3.8, 4) is 0 Å². The molecule has 3 atom stereocenters. The Kier molecular flexibility index (Phi) is 8.15. The lowest BCUT2D eigenvalue weighted by atomic mass is 9.96. The molecule has 2 aliphatic carbocycles. The highest BCUT2D eigenvalue weighted by Crippen LogP contribution is 2.55. The predicted molar refractivity (Wildman–Crippen MR) is 108 cm³/mol. The van der Waals surface area contributed by atoms with E-state index >= 15 is 0 Å². The summed E-state index contributed by atoms with van der Waals surface area (Å²) >= 11 is 0. The van der Waals surface area contributed by atoms with Gasteiger partial charge < -0.3 is 5.11 Å². The molecule has 1 N–H and O–H groups in total. The zero-order valence-electron chi connectivity index (χ0n) is 16.7. The Bertz CT molecular complexity index is 626. The summed E-state index contributed by atoms with van der Waals surface area (Å²) in [6, 6.07) is 6.71. The van der Waals surface area contributed by atoms with Crippen LogP contribution in [0.2, 0.25) is 0 Å². The van der Waals surface area contributed by atoms with Crippen molar-refractivity contribution in [1.82, 2.24) is 0 Å². The van der Waals surface area contributed by atoms with Crippen molar-refractivity contribution < 1.29 is 13.5 Å². The second-order valence-corrected chi connectivity index (χ2v) is 10.1. The van der Waals surface area contributed by atoms with Gasteiger partial charge in [-0.15, -0.1) is 0 Å². The van der Waals surface area contributed by atoms with Gasteiger partial charge in [0.05, 0.1) is 11.0 Å². The molecule has 0 radical (unpaired) electrons. The van der Waals surface area contributed by atoms with Crippen molar-refractivity contribution >= 4 is 9.84 Å². The number of sulfone groups is 1. The molecule has 0 aliphatic heterocycles. The maximum atomic E-state index is 11.4. The molecular weight excluding hydrogens is 344 g/mol. The van der Waals surface area contributed by atoms with Crippen LogP contribution in [0.1, 0.15) is 83.3 Å². The van der Waals surface area contributed by atoms with Gasteiger partial charge in [0, 0.05) is 6.26 Å². The molecule has 0 spiro atoms. The Labute approximate surface area is 160 Å². The maximum Gasteiger partial charge on any atom is 0.175 e. The summed E-state index contributed by atoms with van der Waals surface area (Å²) in [5, 5.41) is 10.4. The highest BCUT2D eigenvalue weighted by atomic mass is 32.2. The minimum Gasteiger partial charge on any atom is -0.388 e. The van der Waals surface area contributed by atoms with Crippen LogP contribution in [-0.2, 0) is 9.84 Å². The maximum absolute atomic E-state index is 11.4. The standard InChI is InChI=1S/C16H22O3S.C6H14/c1-20(18,19)13-8-6-12(7-9-13)16(17)15-10-14(15)11-4-2-3-5-11;1-3-5-6-4-2/h6-9,11,14-17H,2-5,10H2,1H3;3-6H2,1-2H3. The first-order valence-corrected chi connectivity index (χ1v) is 12.3. The van der Waals surface area contributed by atoms with Gasteiger partial charge in [0.2, 0.25) is 0 Å². The molecule has 148 valence electrons. The van der Waals surface area contributed by atoms with Crippen molar-refractivity contribution in [2.45, 2.75) is 82.6 Å². The first-order valence-electron chi connectivity index (χ1n) is 10.4. The fraction of sp³-hybridized carbons (Fsp3) is 0.727. The van der Waals surface area contributed by atoms with E-state index in [1.165, 1.54) is 57.6 Å². The lowest BCUT2D eigenvalue weighted by Gasteiger charge is -2.14. The number of rotatable bonds is 7. The molecule has 2 fully saturated rings. The molecule has 2 saturated carbocycles. The second-order valence-electron chi connectivity index (χ2n) is 8.10. The smallest absolute Gasteiger partial charge is 0.175 e. The minimum absolute atomic E-state index is 0.316. The summed E-state index contributed by atoms with van der Waals surface area (Å²) < 4.78 is 22.8. The molecule has 0 saturated heterocycles. The van der Waals surface area contributed by atoms with Crippen LogP contribution in [0.25, 0.3) is 0 Å². The molecule has 1 aromatic rings. The quantitative estimate of drug-likeness (QED) is 0.632. The van der Waals surface area contributed by atoms with Crippen molar-refractivity contribution in [3.63, 3.8) is 0 Å². The summed E-state index contributed by atoms with van der Waals surface area (Å²) in [5.74, 6) is 1.87. The van der Waals surface area contributed by atoms with Crippen LogP contribution >= 0.6 is 0 Å². The van der Waals surface area contributed by atoms with Crippen LogP contribution in [0, 0.1) is 17.8 Å². The van der Waals surface area contributed by atoms with Gasteiger partial charge in [-0.05, 0) is 41.9 Å². The second kappa shape index (κ2) is 9.89. The molecular formula is C22H36O3S. The Morgan fingerprint density at radius 2 is 1.58 bits per heavy atom. The van der Waals surface area contributed by atoms with Gasteiger partial charge in [-0.2, -0.15) is 0 Å². The van der Waals surface area contributed by atoms with E-state index in [-0.39, 0.29) is 0 Å². The molecule has 0 aromatic heterocycles. The number of unbranched alkanes of at least 4 members (excludes halogenated alkanes) is 3. The molecule has 1 aromatic carbocycles. The summed E-state index contributed by atoms with van der Waals surface area (Å²) in [6.45, 7) is 4.46. The van der Waals surface area contributed by atoms with Gasteiger partial charge >= 0.3 is 0 Å². The molecule has 4 heteroatoms. The van der Waals surface area contributed by atoms with E-state index < -0.39 is 15.9 Å². The summed E-state index contributed by atoms with van der Waals surface area (Å²) in [6.07, 6.45) is 12.8. The van der Waals surface area contributed by atoms with Gasteiger partial charge in [-0.25, -0.2) is 8.42 Å². The monoisotopic (exact) mass is 380 g/mol. The van der Waals surface area contributed by atoms with Crippen molar-refractivity contribution in [3.05, 3.63) is 29.8 Å². The van der Waals surface area contributed by atoms with Crippen LogP contribution < -0.4 is 0 Å². The third-order valence-corrected chi connectivity index (χ3v) is 7.04. The molecule has 3 unspecified atom stereocenters. The minimum atomic E-state index is -3.16. The Morgan fingerprint density at radius 1 is 1.04 bits per heavy atom. The third kappa shape index (κ3) is 6.09. The van der Waals surface area contributed by atoms with Crippen LogP contribution in [-0.4, -0.2) is 19.8 Å². The number of aliphatic hydroxyl groups excluding tert-OH is 1. The number of aliphatic hydroxyl groups is 1. The number of hydrogen-bond acceptors (Lipinski definition) is 3. The Morgan fingerprint density at radius 3 is 2.04 bits per heavy atom. The molecule has 26 heavy (non-hydrogen) atoms. The van der Waals surface area contributed by atoms with Crippen molar-refractivity contribution in [1.29, 1.82) is 0 Å². The normalized spacial score (nSPS) is 24.0. The highest BCUT2D eigenvalue weighted by Gasteiger charge is 2.47. The van der Waals surface area contributed by atoms with Gasteiger partial charge in [0.1, 0.15) is 0 Å². The molecule has 0 heterocycles. The van der Waals surface area contributed by atoms with E-state index in [9.17, 15) is 13.5 Å². The van der Waals surface area contributed by atoms with Crippen LogP contribution in [0.15, 0.2) is 29.2 Å². The molecule has 2 aliphatic rings. The lowest BCUT2D eigenvalue weighted by molar-refractivity contribution is 0.141. The van der Waals surface area contributed by atoms with Gasteiger partial charge in [0.25, 0.3) is 0 Å². The molecule has 3 rings (SSSR count). The number of benzene rings is 1. The SMILES string of the molecule is CCCCCC.CS(=O)(=O)c1ccc(C(O)C2CC2C2CCCC2)cc1. The third-order valence-electron chi connectivity index (χ3n) is 5.91. The first-order chi connectivity index (χ1) is 12.4. The summed E-state index contributed by atoms with van der Waals surface area (Å²) in [5.41, 5.74) is 0.850. The van der Waals surface area contributed by atoms with Crippen LogP contribution in [0.3, 0.4) is 0 Å². The molecule has 0 amide bonds. The van der Waals surface area contributed by atoms with Crippen molar-refractivity contribution in [2.75, 3.05) is 6.26 Å². The molecule has 3 nitrogen and oxygen atoms in total. The van der Waals surface area contributed by atoms with E-state index in [2.05, 4.69) is 13.8 Å². The van der Waals surface area contributed by atoms with Gasteiger partial charge in [-0.3, -0.25) is 0 Å². The fourth-order valence-electron chi connectivity index (χ4n) is 4.19. The summed E-state index contributed by atoms with van der Waals surface area (Å²) in [4.78, 5) is 0.316. The Balaban J connectivity index is 0.000000352. The van der Waals surface area contributed by atoms with E-state index in [0.29, 0.717) is 16.7 Å². The predicted octanol–water partition coefficient (Wildman–Crippen LogP) is 5.54. The van der Waals surface area contributed by atoms with E-state index in [1.807, 2.05) is 0 Å². The van der Waals surface area contributed by atoms with Gasteiger partial charge in [-0.1, -0.05) is 77.3 Å². The average molecular weight is 381 g/mol. The first kappa shape index (κ1) is 21.4. The largest absolute Gasteiger partial charge is 0.388 e. The van der Waals surface area contributed by atoms with E-state index in [4.69, 9.17) is 0 Å². The van der Waals surface area contributed by atoms with Crippen molar-refractivity contribution in [2.24, 2.45) is 17.8 Å².